The molecule has 0 spiro atoms. The van der Waals surface area contributed by atoms with Crippen molar-refractivity contribution in [3.05, 3.63) is 59.7 Å². The SMILES string of the molecule is CC(C)(C)c1ccc(OCCNC(=O)c2ccccc2N=C(N)CCl)cc1. The van der Waals surface area contributed by atoms with Gasteiger partial charge in [0.15, 0.2) is 0 Å². The monoisotopic (exact) mass is 387 g/mol. The molecule has 0 heterocycles. The van der Waals surface area contributed by atoms with Crippen LogP contribution in [0, 0.1) is 0 Å². The number of carbonyl (C=O) groups is 1. The molecule has 0 aliphatic carbocycles. The highest BCUT2D eigenvalue weighted by atomic mass is 35.5. The average molecular weight is 388 g/mol. The molecule has 2 rings (SSSR count). The van der Waals surface area contributed by atoms with Crippen molar-refractivity contribution in [1.82, 2.24) is 5.32 Å². The molecule has 0 unspecified atom stereocenters. The molecule has 0 aromatic heterocycles. The summed E-state index contributed by atoms with van der Waals surface area (Å²) >= 11 is 5.66. The first kappa shape index (κ1) is 20.8. The van der Waals surface area contributed by atoms with Crippen molar-refractivity contribution in [2.24, 2.45) is 10.7 Å². The van der Waals surface area contributed by atoms with Crippen LogP contribution in [-0.2, 0) is 5.41 Å². The number of para-hydroxylation sites is 1. The second-order valence-electron chi connectivity index (χ2n) is 7.13. The molecule has 0 aliphatic rings. The van der Waals surface area contributed by atoms with E-state index < -0.39 is 0 Å². The summed E-state index contributed by atoms with van der Waals surface area (Å²) in [6.45, 7) is 7.25. The van der Waals surface area contributed by atoms with Gasteiger partial charge in [-0.3, -0.25) is 4.79 Å². The van der Waals surface area contributed by atoms with E-state index >= 15 is 0 Å². The standard InChI is InChI=1S/C21H26ClN3O2/c1-21(2,3)15-8-10-16(11-9-15)27-13-12-24-20(26)17-6-4-5-7-18(17)25-19(23)14-22/h4-11H,12-14H2,1-3H3,(H2,23,25)(H,24,26). The zero-order valence-electron chi connectivity index (χ0n) is 16.0. The Balaban J connectivity index is 1.88. The van der Waals surface area contributed by atoms with Gasteiger partial charge in [0.25, 0.3) is 5.91 Å². The van der Waals surface area contributed by atoms with Crippen molar-refractivity contribution in [3.8, 4) is 5.75 Å². The zero-order chi connectivity index (χ0) is 19.9. The molecule has 0 bridgehead atoms. The maximum absolute atomic E-state index is 12.4. The molecular weight excluding hydrogens is 362 g/mol. The first-order chi connectivity index (χ1) is 12.8. The number of nitrogens with two attached hydrogens (primary N) is 1. The third-order valence-electron chi connectivity index (χ3n) is 3.93. The van der Waals surface area contributed by atoms with Gasteiger partial charge in [0.2, 0.25) is 0 Å². The van der Waals surface area contributed by atoms with Gasteiger partial charge in [0.05, 0.1) is 23.7 Å². The lowest BCUT2D eigenvalue weighted by Gasteiger charge is -2.19. The predicted molar refractivity (Wildman–Crippen MR) is 111 cm³/mol. The number of hydrogen-bond donors (Lipinski definition) is 2. The molecule has 2 aromatic rings. The largest absolute Gasteiger partial charge is 0.492 e. The summed E-state index contributed by atoms with van der Waals surface area (Å²) in [6, 6.07) is 15.0. The minimum atomic E-state index is -0.233. The lowest BCUT2D eigenvalue weighted by atomic mass is 9.87. The van der Waals surface area contributed by atoms with Crippen molar-refractivity contribution in [2.45, 2.75) is 26.2 Å². The van der Waals surface area contributed by atoms with Crippen LogP contribution in [0.4, 0.5) is 5.69 Å². The number of alkyl halides is 1. The van der Waals surface area contributed by atoms with E-state index in [4.69, 9.17) is 22.1 Å². The van der Waals surface area contributed by atoms with Gasteiger partial charge in [-0.15, -0.1) is 11.6 Å². The van der Waals surface area contributed by atoms with Crippen LogP contribution in [0.1, 0.15) is 36.7 Å². The van der Waals surface area contributed by atoms with Gasteiger partial charge in [-0.05, 0) is 35.2 Å². The van der Waals surface area contributed by atoms with E-state index in [1.165, 1.54) is 5.56 Å². The van der Waals surface area contributed by atoms with Gasteiger partial charge in [-0.25, -0.2) is 4.99 Å². The summed E-state index contributed by atoms with van der Waals surface area (Å²) in [7, 11) is 0. The highest BCUT2D eigenvalue weighted by Gasteiger charge is 2.13. The highest BCUT2D eigenvalue weighted by Crippen LogP contribution is 2.24. The van der Waals surface area contributed by atoms with Crippen LogP contribution in [-0.4, -0.2) is 30.8 Å². The number of nitrogens with zero attached hydrogens (tertiary/aromatic N) is 1. The number of halogens is 1. The van der Waals surface area contributed by atoms with E-state index in [1.807, 2.05) is 12.1 Å². The second kappa shape index (κ2) is 9.42. The Labute approximate surface area is 165 Å². The number of rotatable bonds is 7. The molecule has 27 heavy (non-hydrogen) atoms. The fraction of sp³-hybridized carbons (Fsp3) is 0.333. The summed E-state index contributed by atoms with van der Waals surface area (Å²) in [5.74, 6) is 0.914. The van der Waals surface area contributed by atoms with Crippen LogP contribution >= 0.6 is 11.6 Å². The molecule has 6 heteroatoms. The van der Waals surface area contributed by atoms with Crippen LogP contribution in [0.15, 0.2) is 53.5 Å². The molecule has 0 aliphatic heterocycles. The van der Waals surface area contributed by atoms with Crippen LogP contribution in [0.3, 0.4) is 0 Å². The van der Waals surface area contributed by atoms with Crippen molar-refractivity contribution in [2.75, 3.05) is 19.0 Å². The second-order valence-corrected chi connectivity index (χ2v) is 7.40. The summed E-state index contributed by atoms with van der Waals surface area (Å²) in [5, 5.41) is 2.83. The van der Waals surface area contributed by atoms with Crippen molar-refractivity contribution < 1.29 is 9.53 Å². The molecule has 0 saturated heterocycles. The molecule has 0 saturated carbocycles. The van der Waals surface area contributed by atoms with Gasteiger partial charge in [-0.2, -0.15) is 0 Å². The van der Waals surface area contributed by atoms with E-state index in [9.17, 15) is 4.79 Å². The smallest absolute Gasteiger partial charge is 0.253 e. The number of carbonyl (C=O) groups excluding carboxylic acids is 1. The maximum atomic E-state index is 12.4. The van der Waals surface area contributed by atoms with E-state index in [-0.39, 0.29) is 23.0 Å². The first-order valence-electron chi connectivity index (χ1n) is 8.81. The van der Waals surface area contributed by atoms with Gasteiger partial charge in [0.1, 0.15) is 18.2 Å². The van der Waals surface area contributed by atoms with E-state index in [1.54, 1.807) is 24.3 Å². The molecule has 0 fully saturated rings. The minimum Gasteiger partial charge on any atom is -0.492 e. The Morgan fingerprint density at radius 3 is 2.44 bits per heavy atom. The average Bonchev–Trinajstić information content (AvgIpc) is 2.65. The lowest BCUT2D eigenvalue weighted by molar-refractivity contribution is 0.0947. The number of nitrogens with one attached hydrogen (secondary N) is 1. The van der Waals surface area contributed by atoms with Gasteiger partial charge >= 0.3 is 0 Å². The number of amidine groups is 1. The molecule has 144 valence electrons. The number of amides is 1. The van der Waals surface area contributed by atoms with Crippen molar-refractivity contribution in [1.29, 1.82) is 0 Å². The molecular formula is C21H26ClN3O2. The molecule has 0 atom stereocenters. The maximum Gasteiger partial charge on any atom is 0.253 e. The predicted octanol–water partition coefficient (Wildman–Crippen LogP) is 4.02. The number of hydrogen-bond acceptors (Lipinski definition) is 3. The molecule has 5 nitrogen and oxygen atoms in total. The Bertz CT molecular complexity index is 796. The topological polar surface area (TPSA) is 76.7 Å². The van der Waals surface area contributed by atoms with E-state index in [0.29, 0.717) is 24.4 Å². The van der Waals surface area contributed by atoms with E-state index in [2.05, 4.69) is 43.2 Å². The number of benzene rings is 2. The summed E-state index contributed by atoms with van der Waals surface area (Å²) < 4.78 is 5.69. The Morgan fingerprint density at radius 1 is 1.15 bits per heavy atom. The van der Waals surface area contributed by atoms with Gasteiger partial charge in [-0.1, -0.05) is 45.0 Å². The van der Waals surface area contributed by atoms with Crippen molar-refractivity contribution >= 4 is 29.0 Å². The highest BCUT2D eigenvalue weighted by molar-refractivity contribution is 6.28. The van der Waals surface area contributed by atoms with Crippen LogP contribution in [0.2, 0.25) is 0 Å². The molecule has 1 amide bonds. The zero-order valence-corrected chi connectivity index (χ0v) is 16.7. The van der Waals surface area contributed by atoms with Gasteiger partial charge in [0, 0.05) is 0 Å². The Hall–Kier alpha value is -2.53. The quantitative estimate of drug-likeness (QED) is 0.326. The summed E-state index contributed by atoms with van der Waals surface area (Å²) in [5.41, 5.74) is 7.95. The fourth-order valence-corrected chi connectivity index (χ4v) is 2.49. The van der Waals surface area contributed by atoms with Crippen LogP contribution in [0.5, 0.6) is 5.75 Å². The third kappa shape index (κ3) is 6.29. The first-order valence-corrected chi connectivity index (χ1v) is 9.34. The minimum absolute atomic E-state index is 0.106. The molecule has 3 N–H and O–H groups in total. The summed E-state index contributed by atoms with van der Waals surface area (Å²) in [6.07, 6.45) is 0. The Kier molecular flexibility index (Phi) is 7.25. The number of ether oxygens (including phenoxy) is 1. The third-order valence-corrected chi connectivity index (χ3v) is 4.20. The van der Waals surface area contributed by atoms with Crippen LogP contribution < -0.4 is 15.8 Å². The number of aliphatic imine (C=N–C) groups is 1. The normalized spacial score (nSPS) is 11.9. The van der Waals surface area contributed by atoms with E-state index in [0.717, 1.165) is 5.75 Å². The lowest BCUT2D eigenvalue weighted by Crippen LogP contribution is -2.28. The molecule has 2 aromatic carbocycles. The summed E-state index contributed by atoms with van der Waals surface area (Å²) in [4.78, 5) is 16.6. The van der Waals surface area contributed by atoms with Gasteiger partial charge < -0.3 is 15.8 Å². The van der Waals surface area contributed by atoms with Crippen LogP contribution in [0.25, 0.3) is 0 Å². The van der Waals surface area contributed by atoms with Crippen molar-refractivity contribution in [3.63, 3.8) is 0 Å². The molecule has 0 radical (unpaired) electrons. The Morgan fingerprint density at radius 2 is 1.81 bits per heavy atom. The fourth-order valence-electron chi connectivity index (χ4n) is 2.43.